The number of hydrogen-bond donors (Lipinski definition) is 1. The summed E-state index contributed by atoms with van der Waals surface area (Å²) in [7, 11) is 0. The Morgan fingerprint density at radius 1 is 1.47 bits per heavy atom. The first-order valence-electron chi connectivity index (χ1n) is 5.47. The Hall–Kier alpha value is -1.20. The van der Waals surface area contributed by atoms with Crippen LogP contribution < -0.4 is 5.73 Å². The summed E-state index contributed by atoms with van der Waals surface area (Å²) in [6.45, 7) is 4.00. The van der Waals surface area contributed by atoms with Gasteiger partial charge in [-0.3, -0.25) is 0 Å². The molecule has 1 atom stereocenters. The molecule has 2 N–H and O–H groups in total. The van der Waals surface area contributed by atoms with Gasteiger partial charge in [-0.1, -0.05) is 28.0 Å². The summed E-state index contributed by atoms with van der Waals surface area (Å²) in [6, 6.07) is 5.75. The van der Waals surface area contributed by atoms with E-state index in [1.165, 1.54) is 0 Å². The molecule has 1 aromatic carbocycles. The molecule has 0 amide bonds. The van der Waals surface area contributed by atoms with E-state index < -0.39 is 0 Å². The Morgan fingerprint density at radius 3 is 2.88 bits per heavy atom. The second kappa shape index (κ2) is 4.98. The summed E-state index contributed by atoms with van der Waals surface area (Å²) in [6.07, 6.45) is 0.779. The third-order valence-corrected chi connectivity index (χ3v) is 3.12. The van der Waals surface area contributed by atoms with E-state index in [1.807, 2.05) is 32.0 Å². The van der Waals surface area contributed by atoms with Crippen LogP contribution in [0.4, 0.5) is 0 Å². The molecule has 0 aliphatic heterocycles. The van der Waals surface area contributed by atoms with Crippen LogP contribution in [0.2, 0.25) is 0 Å². The first-order chi connectivity index (χ1) is 8.11. The molecule has 1 heterocycles. The summed E-state index contributed by atoms with van der Waals surface area (Å²) < 4.78 is 6.19. The minimum atomic E-state index is -0.188. The van der Waals surface area contributed by atoms with Crippen LogP contribution in [-0.4, -0.2) is 10.1 Å². The van der Waals surface area contributed by atoms with Crippen molar-refractivity contribution in [1.29, 1.82) is 0 Å². The van der Waals surface area contributed by atoms with Crippen LogP contribution in [0.1, 0.15) is 30.8 Å². The molecule has 17 heavy (non-hydrogen) atoms. The number of halogens is 1. The standard InChI is InChI=1S/C12H14BrN3O/c1-3-10(14)12-15-11(16-17-12)9-5-4-8(13)6-7(9)2/h4-6,10H,3,14H2,1-2H3/t10-/m1/s1. The third-order valence-electron chi connectivity index (χ3n) is 2.63. The van der Waals surface area contributed by atoms with Crippen molar-refractivity contribution >= 4 is 15.9 Å². The number of hydrogen-bond acceptors (Lipinski definition) is 4. The predicted molar refractivity (Wildman–Crippen MR) is 69.4 cm³/mol. The molecule has 5 heteroatoms. The average molecular weight is 296 g/mol. The fraction of sp³-hybridized carbons (Fsp3) is 0.333. The van der Waals surface area contributed by atoms with Crippen LogP contribution in [0, 0.1) is 6.92 Å². The van der Waals surface area contributed by atoms with Crippen LogP contribution in [0.15, 0.2) is 27.2 Å². The Labute approximate surface area is 108 Å². The molecule has 0 aliphatic carbocycles. The molecular weight excluding hydrogens is 282 g/mol. The molecule has 0 bridgehead atoms. The molecule has 0 aliphatic rings. The van der Waals surface area contributed by atoms with E-state index in [1.54, 1.807) is 0 Å². The summed E-state index contributed by atoms with van der Waals surface area (Å²) in [4.78, 5) is 4.32. The lowest BCUT2D eigenvalue weighted by Crippen LogP contribution is -2.08. The second-order valence-corrected chi connectivity index (χ2v) is 4.85. The molecule has 0 spiro atoms. The van der Waals surface area contributed by atoms with Gasteiger partial charge < -0.3 is 10.3 Å². The van der Waals surface area contributed by atoms with Gasteiger partial charge in [0.25, 0.3) is 0 Å². The zero-order valence-corrected chi connectivity index (χ0v) is 11.4. The Balaban J connectivity index is 2.37. The Morgan fingerprint density at radius 2 is 2.24 bits per heavy atom. The van der Waals surface area contributed by atoms with Crippen molar-refractivity contribution in [3.8, 4) is 11.4 Å². The maximum absolute atomic E-state index is 5.84. The van der Waals surface area contributed by atoms with Crippen LogP contribution in [0.5, 0.6) is 0 Å². The number of benzene rings is 1. The molecule has 0 saturated carbocycles. The number of rotatable bonds is 3. The van der Waals surface area contributed by atoms with E-state index in [0.29, 0.717) is 11.7 Å². The summed E-state index contributed by atoms with van der Waals surface area (Å²) in [5.41, 5.74) is 7.90. The molecule has 2 rings (SSSR count). The third kappa shape index (κ3) is 2.56. The maximum atomic E-state index is 5.84. The average Bonchev–Trinajstić information content (AvgIpc) is 2.77. The summed E-state index contributed by atoms with van der Waals surface area (Å²) in [5.74, 6) is 1.08. The van der Waals surface area contributed by atoms with Crippen molar-refractivity contribution in [2.75, 3.05) is 0 Å². The monoisotopic (exact) mass is 295 g/mol. The highest BCUT2D eigenvalue weighted by molar-refractivity contribution is 9.10. The van der Waals surface area contributed by atoms with Crippen LogP contribution in [0.3, 0.4) is 0 Å². The van der Waals surface area contributed by atoms with Crippen molar-refractivity contribution < 1.29 is 4.52 Å². The Kier molecular flexibility index (Phi) is 3.59. The number of nitrogens with zero attached hydrogens (tertiary/aromatic N) is 2. The van der Waals surface area contributed by atoms with Gasteiger partial charge in [-0.2, -0.15) is 4.98 Å². The highest BCUT2D eigenvalue weighted by atomic mass is 79.9. The fourth-order valence-corrected chi connectivity index (χ4v) is 2.02. The summed E-state index contributed by atoms with van der Waals surface area (Å²) >= 11 is 3.42. The van der Waals surface area contributed by atoms with Crippen LogP contribution >= 0.6 is 15.9 Å². The van der Waals surface area contributed by atoms with E-state index in [0.717, 1.165) is 22.0 Å². The van der Waals surface area contributed by atoms with E-state index >= 15 is 0 Å². The zero-order valence-electron chi connectivity index (χ0n) is 9.77. The molecule has 90 valence electrons. The molecule has 4 nitrogen and oxygen atoms in total. The minimum absolute atomic E-state index is 0.188. The first kappa shape index (κ1) is 12.3. The van der Waals surface area contributed by atoms with Gasteiger partial charge in [0.1, 0.15) is 0 Å². The summed E-state index contributed by atoms with van der Waals surface area (Å²) in [5, 5.41) is 3.96. The van der Waals surface area contributed by atoms with Gasteiger partial charge in [0.15, 0.2) is 0 Å². The van der Waals surface area contributed by atoms with Gasteiger partial charge in [-0.25, -0.2) is 0 Å². The van der Waals surface area contributed by atoms with Crippen molar-refractivity contribution in [2.24, 2.45) is 5.73 Å². The molecule has 0 saturated heterocycles. The fourth-order valence-electron chi connectivity index (χ4n) is 1.55. The van der Waals surface area contributed by atoms with E-state index in [2.05, 4.69) is 26.1 Å². The molecule has 1 aromatic heterocycles. The van der Waals surface area contributed by atoms with Gasteiger partial charge in [-0.15, -0.1) is 0 Å². The SMILES string of the molecule is CC[C@@H](N)c1nc(-c2ccc(Br)cc2C)no1. The first-order valence-corrected chi connectivity index (χ1v) is 6.26. The van der Waals surface area contributed by atoms with Gasteiger partial charge in [0.05, 0.1) is 6.04 Å². The lowest BCUT2D eigenvalue weighted by Gasteiger charge is -2.01. The second-order valence-electron chi connectivity index (χ2n) is 3.93. The van der Waals surface area contributed by atoms with Gasteiger partial charge in [0, 0.05) is 10.0 Å². The van der Waals surface area contributed by atoms with E-state index in [-0.39, 0.29) is 6.04 Å². The minimum Gasteiger partial charge on any atom is -0.337 e. The van der Waals surface area contributed by atoms with Crippen LogP contribution in [0.25, 0.3) is 11.4 Å². The highest BCUT2D eigenvalue weighted by Crippen LogP contribution is 2.25. The van der Waals surface area contributed by atoms with Crippen molar-refractivity contribution in [3.63, 3.8) is 0 Å². The number of aromatic nitrogens is 2. The van der Waals surface area contributed by atoms with Gasteiger partial charge >= 0.3 is 0 Å². The number of nitrogens with two attached hydrogens (primary N) is 1. The molecule has 2 aromatic rings. The molecule has 0 radical (unpaired) electrons. The van der Waals surface area contributed by atoms with E-state index in [9.17, 15) is 0 Å². The smallest absolute Gasteiger partial charge is 0.243 e. The largest absolute Gasteiger partial charge is 0.337 e. The lowest BCUT2D eigenvalue weighted by atomic mass is 10.1. The van der Waals surface area contributed by atoms with Gasteiger partial charge in [-0.05, 0) is 37.1 Å². The quantitative estimate of drug-likeness (QED) is 0.944. The van der Waals surface area contributed by atoms with Crippen molar-refractivity contribution in [2.45, 2.75) is 26.3 Å². The highest BCUT2D eigenvalue weighted by Gasteiger charge is 2.15. The zero-order chi connectivity index (χ0) is 12.4. The normalized spacial score (nSPS) is 12.7. The van der Waals surface area contributed by atoms with Gasteiger partial charge in [0.2, 0.25) is 11.7 Å². The van der Waals surface area contributed by atoms with E-state index in [4.69, 9.17) is 10.3 Å². The molecular formula is C12H14BrN3O. The van der Waals surface area contributed by atoms with Crippen molar-refractivity contribution in [3.05, 3.63) is 34.1 Å². The molecule has 0 fully saturated rings. The maximum Gasteiger partial charge on any atom is 0.243 e. The Bertz CT molecular complexity index is 524. The lowest BCUT2D eigenvalue weighted by molar-refractivity contribution is 0.352. The topological polar surface area (TPSA) is 64.9 Å². The number of aryl methyl sites for hydroxylation is 1. The predicted octanol–water partition coefficient (Wildman–Crippen LogP) is 3.22. The van der Waals surface area contributed by atoms with Crippen molar-refractivity contribution in [1.82, 2.24) is 10.1 Å². The molecule has 0 unspecified atom stereocenters. The van der Waals surface area contributed by atoms with Crippen LogP contribution in [-0.2, 0) is 0 Å².